The molecule has 20 heavy (non-hydrogen) atoms. The molecule has 0 amide bonds. The van der Waals surface area contributed by atoms with Gasteiger partial charge in [0.05, 0.1) is 17.6 Å². The van der Waals surface area contributed by atoms with E-state index in [1.54, 1.807) is 19.1 Å². The zero-order chi connectivity index (χ0) is 13.9. The van der Waals surface area contributed by atoms with Crippen molar-refractivity contribution in [1.82, 2.24) is 14.8 Å². The zero-order valence-electron chi connectivity index (χ0n) is 10.6. The maximum atomic E-state index is 12.2. The Bertz CT molecular complexity index is 784. The van der Waals surface area contributed by atoms with Gasteiger partial charge in [-0.15, -0.1) is 5.11 Å². The van der Waals surface area contributed by atoms with Crippen molar-refractivity contribution in [2.24, 2.45) is 10.2 Å². The van der Waals surface area contributed by atoms with E-state index in [1.807, 2.05) is 18.2 Å². The molecule has 0 atom stereocenters. The van der Waals surface area contributed by atoms with E-state index < -0.39 is 0 Å². The fourth-order valence-corrected chi connectivity index (χ4v) is 1.72. The van der Waals surface area contributed by atoms with Crippen molar-refractivity contribution >= 4 is 11.4 Å². The van der Waals surface area contributed by atoms with E-state index >= 15 is 0 Å². The highest BCUT2D eigenvalue weighted by atomic mass is 16.4. The quantitative estimate of drug-likeness (QED) is 0.741. The summed E-state index contributed by atoms with van der Waals surface area (Å²) in [6.07, 6.45) is 2.85. The minimum atomic E-state index is -0.357. The van der Waals surface area contributed by atoms with Crippen molar-refractivity contribution < 1.29 is 4.42 Å². The Kier molecular flexibility index (Phi) is 3.00. The van der Waals surface area contributed by atoms with E-state index in [0.29, 0.717) is 11.4 Å². The van der Waals surface area contributed by atoms with Crippen LogP contribution in [0.2, 0.25) is 0 Å². The maximum Gasteiger partial charge on any atom is 0.324 e. The number of nitrogens with one attached hydrogen (secondary N) is 1. The van der Waals surface area contributed by atoms with Crippen LogP contribution in [0.5, 0.6) is 0 Å². The van der Waals surface area contributed by atoms with Gasteiger partial charge in [0.15, 0.2) is 5.69 Å². The SMILES string of the molecule is Cc1[nH]n(-c2ncco2)c(=O)c1N=Nc1ccccc1. The highest BCUT2D eigenvalue weighted by Gasteiger charge is 2.14. The average molecular weight is 269 g/mol. The number of azo groups is 1. The largest absolute Gasteiger partial charge is 0.431 e. The van der Waals surface area contributed by atoms with Gasteiger partial charge in [-0.2, -0.15) is 9.80 Å². The molecular weight excluding hydrogens is 258 g/mol. The lowest BCUT2D eigenvalue weighted by Crippen LogP contribution is -2.14. The first-order valence-corrected chi connectivity index (χ1v) is 5.94. The van der Waals surface area contributed by atoms with Gasteiger partial charge in [-0.25, -0.2) is 4.98 Å². The van der Waals surface area contributed by atoms with Crippen molar-refractivity contribution in [3.63, 3.8) is 0 Å². The van der Waals surface area contributed by atoms with Gasteiger partial charge >= 0.3 is 11.6 Å². The van der Waals surface area contributed by atoms with Crippen molar-refractivity contribution in [1.29, 1.82) is 0 Å². The second kappa shape index (κ2) is 4.96. The summed E-state index contributed by atoms with van der Waals surface area (Å²) >= 11 is 0. The van der Waals surface area contributed by atoms with Crippen LogP contribution in [0.15, 0.2) is 62.2 Å². The van der Waals surface area contributed by atoms with Gasteiger partial charge in [-0.1, -0.05) is 18.2 Å². The molecule has 2 aromatic heterocycles. The molecule has 0 spiro atoms. The lowest BCUT2D eigenvalue weighted by Gasteiger charge is -1.91. The predicted octanol–water partition coefficient (Wildman–Crippen LogP) is 2.88. The minimum Gasteiger partial charge on any atom is -0.431 e. The van der Waals surface area contributed by atoms with Crippen LogP contribution < -0.4 is 5.56 Å². The van der Waals surface area contributed by atoms with Gasteiger partial charge < -0.3 is 4.42 Å². The molecule has 2 heterocycles. The van der Waals surface area contributed by atoms with Crippen LogP contribution in [0.3, 0.4) is 0 Å². The normalized spacial score (nSPS) is 11.2. The lowest BCUT2D eigenvalue weighted by atomic mass is 10.3. The molecule has 100 valence electrons. The number of nitrogens with zero attached hydrogens (tertiary/aromatic N) is 4. The summed E-state index contributed by atoms with van der Waals surface area (Å²) < 4.78 is 6.27. The van der Waals surface area contributed by atoms with Crippen LogP contribution in [-0.2, 0) is 0 Å². The third kappa shape index (κ3) is 2.16. The van der Waals surface area contributed by atoms with E-state index in [2.05, 4.69) is 20.3 Å². The number of hydrogen-bond donors (Lipinski definition) is 1. The molecule has 7 heteroatoms. The van der Waals surface area contributed by atoms with Gasteiger partial charge in [0, 0.05) is 0 Å². The summed E-state index contributed by atoms with van der Waals surface area (Å²) in [5.41, 5.74) is 1.14. The van der Waals surface area contributed by atoms with Gasteiger partial charge in [0.1, 0.15) is 6.26 Å². The Balaban J connectivity index is 1.99. The van der Waals surface area contributed by atoms with E-state index in [9.17, 15) is 4.79 Å². The number of rotatable bonds is 3. The zero-order valence-corrected chi connectivity index (χ0v) is 10.6. The highest BCUT2D eigenvalue weighted by Crippen LogP contribution is 2.17. The molecule has 1 aromatic carbocycles. The summed E-state index contributed by atoms with van der Waals surface area (Å²) in [5, 5.41) is 10.9. The third-order valence-electron chi connectivity index (χ3n) is 2.67. The standard InChI is InChI=1S/C13H11N5O2/c1-9-11(16-15-10-5-3-2-4-6-10)12(19)18(17-9)13-14-7-8-20-13/h2-8,17H,1H3. The molecule has 0 saturated heterocycles. The Morgan fingerprint density at radius 2 is 2.05 bits per heavy atom. The van der Waals surface area contributed by atoms with Crippen LogP contribution in [0.4, 0.5) is 11.4 Å². The lowest BCUT2D eigenvalue weighted by molar-refractivity contribution is 0.504. The fraction of sp³-hybridized carbons (Fsp3) is 0.0769. The molecule has 1 N–H and O–H groups in total. The molecule has 3 aromatic rings. The first-order valence-electron chi connectivity index (χ1n) is 5.94. The molecule has 0 bridgehead atoms. The van der Waals surface area contributed by atoms with Crippen molar-refractivity contribution in [3.8, 4) is 6.01 Å². The maximum absolute atomic E-state index is 12.2. The summed E-state index contributed by atoms with van der Waals surface area (Å²) in [4.78, 5) is 16.1. The number of benzene rings is 1. The van der Waals surface area contributed by atoms with Crippen LogP contribution in [-0.4, -0.2) is 14.8 Å². The topological polar surface area (TPSA) is 88.5 Å². The summed E-state index contributed by atoms with van der Waals surface area (Å²) in [6, 6.07) is 9.36. The molecule has 0 aliphatic carbocycles. The van der Waals surface area contributed by atoms with Crippen LogP contribution in [0, 0.1) is 6.92 Å². The van der Waals surface area contributed by atoms with Crippen molar-refractivity contribution in [2.75, 3.05) is 0 Å². The van der Waals surface area contributed by atoms with E-state index in [4.69, 9.17) is 4.42 Å². The van der Waals surface area contributed by atoms with E-state index in [1.165, 1.54) is 17.1 Å². The van der Waals surface area contributed by atoms with E-state index in [0.717, 1.165) is 0 Å². The number of aromatic nitrogens is 3. The van der Waals surface area contributed by atoms with E-state index in [-0.39, 0.29) is 17.3 Å². The molecule has 0 radical (unpaired) electrons. The van der Waals surface area contributed by atoms with Crippen LogP contribution >= 0.6 is 0 Å². The molecule has 0 aliphatic rings. The first kappa shape index (κ1) is 12.1. The van der Waals surface area contributed by atoms with Crippen molar-refractivity contribution in [3.05, 3.63) is 58.8 Å². The molecule has 3 rings (SSSR count). The average Bonchev–Trinajstić information content (AvgIpc) is 3.07. The second-order valence-electron chi connectivity index (χ2n) is 4.08. The number of hydrogen-bond acceptors (Lipinski definition) is 5. The number of H-pyrrole nitrogens is 1. The van der Waals surface area contributed by atoms with Crippen LogP contribution in [0.1, 0.15) is 5.69 Å². The Morgan fingerprint density at radius 3 is 2.75 bits per heavy atom. The van der Waals surface area contributed by atoms with Crippen LogP contribution in [0.25, 0.3) is 6.01 Å². The molecule has 0 aliphatic heterocycles. The highest BCUT2D eigenvalue weighted by molar-refractivity contribution is 5.42. The fourth-order valence-electron chi connectivity index (χ4n) is 1.72. The molecular formula is C13H11N5O2. The second-order valence-corrected chi connectivity index (χ2v) is 4.08. The summed E-state index contributed by atoms with van der Waals surface area (Å²) in [5.74, 6) is 0. The molecule has 0 fully saturated rings. The number of oxazole rings is 1. The number of aromatic amines is 1. The molecule has 0 saturated carbocycles. The Labute approximate surface area is 113 Å². The monoisotopic (exact) mass is 269 g/mol. The number of aryl methyl sites for hydroxylation is 1. The van der Waals surface area contributed by atoms with Gasteiger partial charge in [-0.3, -0.25) is 9.89 Å². The van der Waals surface area contributed by atoms with Gasteiger partial charge in [0.2, 0.25) is 0 Å². The van der Waals surface area contributed by atoms with Gasteiger partial charge in [0.25, 0.3) is 0 Å². The summed E-state index contributed by atoms with van der Waals surface area (Å²) in [7, 11) is 0. The smallest absolute Gasteiger partial charge is 0.324 e. The first-order chi connectivity index (χ1) is 9.75. The predicted molar refractivity (Wildman–Crippen MR) is 71.8 cm³/mol. The minimum absolute atomic E-state index is 0.166. The van der Waals surface area contributed by atoms with Gasteiger partial charge in [-0.05, 0) is 19.1 Å². The Hall–Kier alpha value is -2.96. The summed E-state index contributed by atoms with van der Waals surface area (Å²) in [6.45, 7) is 1.74. The third-order valence-corrected chi connectivity index (χ3v) is 2.67. The molecule has 7 nitrogen and oxygen atoms in total. The van der Waals surface area contributed by atoms with Crippen molar-refractivity contribution in [2.45, 2.75) is 6.92 Å². The Morgan fingerprint density at radius 1 is 1.25 bits per heavy atom. The molecule has 0 unspecified atom stereocenters.